The molecule has 1 aliphatic carbocycles. The zero-order valence-corrected chi connectivity index (χ0v) is 12.8. The summed E-state index contributed by atoms with van der Waals surface area (Å²) in [5, 5.41) is 12.6. The van der Waals surface area contributed by atoms with E-state index in [1.165, 1.54) is 0 Å². The molecule has 0 bridgehead atoms. The monoisotopic (exact) mass is 291 g/mol. The average Bonchev–Trinajstić information content (AvgIpc) is 2.46. The first-order valence-electron chi connectivity index (χ1n) is 7.77. The van der Waals surface area contributed by atoms with Gasteiger partial charge in [-0.1, -0.05) is 18.2 Å². The van der Waals surface area contributed by atoms with Crippen LogP contribution < -0.4 is 10.1 Å². The van der Waals surface area contributed by atoms with Crippen molar-refractivity contribution < 1.29 is 14.6 Å². The van der Waals surface area contributed by atoms with Crippen LogP contribution in [0.1, 0.15) is 45.1 Å². The second-order valence-electron chi connectivity index (χ2n) is 6.04. The number of nitrogens with one attached hydrogen (secondary N) is 1. The maximum absolute atomic E-state index is 11.0. The highest BCUT2D eigenvalue weighted by atomic mass is 16.5. The Morgan fingerprint density at radius 2 is 1.95 bits per heavy atom. The number of rotatable bonds is 6. The molecule has 1 fully saturated rings. The van der Waals surface area contributed by atoms with E-state index in [0.717, 1.165) is 43.5 Å². The largest absolute Gasteiger partial charge is 0.491 e. The molecule has 0 saturated heterocycles. The minimum atomic E-state index is -0.649. The van der Waals surface area contributed by atoms with Crippen molar-refractivity contribution in [3.05, 3.63) is 29.8 Å². The topological polar surface area (TPSA) is 58.6 Å². The van der Waals surface area contributed by atoms with Crippen molar-refractivity contribution in [2.24, 2.45) is 5.92 Å². The van der Waals surface area contributed by atoms with Gasteiger partial charge in [0.05, 0.1) is 12.0 Å². The maximum Gasteiger partial charge on any atom is 0.306 e. The van der Waals surface area contributed by atoms with Crippen molar-refractivity contribution in [2.75, 3.05) is 0 Å². The number of hydrogen-bond donors (Lipinski definition) is 2. The van der Waals surface area contributed by atoms with Crippen LogP contribution >= 0.6 is 0 Å². The normalized spacial score (nSPS) is 22.2. The highest BCUT2D eigenvalue weighted by molar-refractivity contribution is 5.70. The maximum atomic E-state index is 11.0. The minimum Gasteiger partial charge on any atom is -0.491 e. The SMILES string of the molecule is CC(C)Oc1ccccc1CNC1CCC(C(=O)O)CC1. The number of benzene rings is 1. The Morgan fingerprint density at radius 3 is 2.57 bits per heavy atom. The number of carboxylic acid groups (broad SMARTS) is 1. The molecule has 21 heavy (non-hydrogen) atoms. The molecule has 0 aliphatic heterocycles. The van der Waals surface area contributed by atoms with Crippen LogP contribution in [-0.4, -0.2) is 23.2 Å². The molecule has 2 N–H and O–H groups in total. The summed E-state index contributed by atoms with van der Waals surface area (Å²) in [6.07, 6.45) is 3.58. The van der Waals surface area contributed by atoms with Gasteiger partial charge >= 0.3 is 5.97 Å². The van der Waals surface area contributed by atoms with Gasteiger partial charge in [0.25, 0.3) is 0 Å². The first-order valence-corrected chi connectivity index (χ1v) is 7.77. The van der Waals surface area contributed by atoms with Crippen LogP contribution in [0.3, 0.4) is 0 Å². The number of carbonyl (C=O) groups is 1. The van der Waals surface area contributed by atoms with Crippen molar-refractivity contribution in [2.45, 2.75) is 58.2 Å². The summed E-state index contributed by atoms with van der Waals surface area (Å²) >= 11 is 0. The fourth-order valence-electron chi connectivity index (χ4n) is 2.82. The lowest BCUT2D eigenvalue weighted by molar-refractivity contribution is -0.142. The van der Waals surface area contributed by atoms with E-state index in [0.29, 0.717) is 6.04 Å². The molecule has 1 saturated carbocycles. The summed E-state index contributed by atoms with van der Waals surface area (Å²) in [6.45, 7) is 4.82. The molecule has 0 aromatic heterocycles. The van der Waals surface area contributed by atoms with Gasteiger partial charge in [-0.15, -0.1) is 0 Å². The van der Waals surface area contributed by atoms with E-state index in [1.807, 2.05) is 32.0 Å². The molecule has 1 aromatic rings. The van der Waals surface area contributed by atoms with E-state index >= 15 is 0 Å². The second kappa shape index (κ2) is 7.46. The van der Waals surface area contributed by atoms with E-state index in [4.69, 9.17) is 9.84 Å². The van der Waals surface area contributed by atoms with E-state index < -0.39 is 5.97 Å². The fraction of sp³-hybridized carbons (Fsp3) is 0.588. The third-order valence-electron chi connectivity index (χ3n) is 3.99. The lowest BCUT2D eigenvalue weighted by Crippen LogP contribution is -2.34. The predicted octanol–water partition coefficient (Wildman–Crippen LogP) is 3.21. The molecule has 1 aromatic carbocycles. The van der Waals surface area contributed by atoms with Crippen LogP contribution in [0.25, 0.3) is 0 Å². The molecule has 0 radical (unpaired) electrons. The molecule has 4 nitrogen and oxygen atoms in total. The molecular formula is C17H25NO3. The number of ether oxygens (including phenoxy) is 1. The molecule has 1 aliphatic rings. The van der Waals surface area contributed by atoms with Crippen LogP contribution in [0.4, 0.5) is 0 Å². The highest BCUT2D eigenvalue weighted by Gasteiger charge is 2.25. The van der Waals surface area contributed by atoms with Gasteiger partial charge < -0.3 is 15.2 Å². The van der Waals surface area contributed by atoms with Gasteiger partial charge in [-0.3, -0.25) is 4.79 Å². The van der Waals surface area contributed by atoms with Crippen LogP contribution in [0.2, 0.25) is 0 Å². The summed E-state index contributed by atoms with van der Waals surface area (Å²) in [4.78, 5) is 11.0. The molecule has 2 rings (SSSR count). The number of aliphatic carboxylic acids is 1. The van der Waals surface area contributed by atoms with Crippen molar-refractivity contribution >= 4 is 5.97 Å². The molecule has 116 valence electrons. The molecule has 4 heteroatoms. The summed E-state index contributed by atoms with van der Waals surface area (Å²) in [7, 11) is 0. The zero-order chi connectivity index (χ0) is 15.2. The van der Waals surface area contributed by atoms with Gasteiger partial charge in [-0.25, -0.2) is 0 Å². The Morgan fingerprint density at radius 1 is 1.29 bits per heavy atom. The van der Waals surface area contributed by atoms with E-state index in [9.17, 15) is 4.79 Å². The Kier molecular flexibility index (Phi) is 5.62. The van der Waals surface area contributed by atoms with Crippen LogP contribution in [0, 0.1) is 5.92 Å². The summed E-state index contributed by atoms with van der Waals surface area (Å²) in [5.41, 5.74) is 1.16. The van der Waals surface area contributed by atoms with Gasteiger partial charge in [0.1, 0.15) is 5.75 Å². The molecule has 0 spiro atoms. The lowest BCUT2D eigenvalue weighted by Gasteiger charge is -2.27. The first-order chi connectivity index (χ1) is 10.1. The standard InChI is InChI=1S/C17H25NO3/c1-12(2)21-16-6-4-3-5-14(16)11-18-15-9-7-13(8-10-15)17(19)20/h3-6,12-13,15,18H,7-11H2,1-2H3,(H,19,20). The van der Waals surface area contributed by atoms with Gasteiger partial charge in [-0.05, 0) is 45.6 Å². The highest BCUT2D eigenvalue weighted by Crippen LogP contribution is 2.25. The summed E-state index contributed by atoms with van der Waals surface area (Å²) in [5.74, 6) is 0.128. The average molecular weight is 291 g/mol. The van der Waals surface area contributed by atoms with E-state index in [-0.39, 0.29) is 12.0 Å². The van der Waals surface area contributed by atoms with Gasteiger partial charge in [0.15, 0.2) is 0 Å². The van der Waals surface area contributed by atoms with Gasteiger partial charge in [-0.2, -0.15) is 0 Å². The number of carboxylic acids is 1. The quantitative estimate of drug-likeness (QED) is 0.845. The van der Waals surface area contributed by atoms with Crippen LogP contribution in [0.15, 0.2) is 24.3 Å². The Bertz CT molecular complexity index is 465. The molecule has 0 heterocycles. The zero-order valence-electron chi connectivity index (χ0n) is 12.8. The Labute approximate surface area is 126 Å². The Hall–Kier alpha value is -1.55. The molecule has 0 unspecified atom stereocenters. The number of hydrogen-bond acceptors (Lipinski definition) is 3. The first kappa shape index (κ1) is 15.8. The fourth-order valence-corrected chi connectivity index (χ4v) is 2.82. The van der Waals surface area contributed by atoms with Crippen LogP contribution in [0.5, 0.6) is 5.75 Å². The smallest absolute Gasteiger partial charge is 0.306 e. The van der Waals surface area contributed by atoms with Crippen molar-refractivity contribution in [3.8, 4) is 5.75 Å². The van der Waals surface area contributed by atoms with Crippen molar-refractivity contribution in [3.63, 3.8) is 0 Å². The minimum absolute atomic E-state index is 0.153. The van der Waals surface area contributed by atoms with E-state index in [2.05, 4.69) is 11.4 Å². The van der Waals surface area contributed by atoms with Crippen molar-refractivity contribution in [1.29, 1.82) is 0 Å². The second-order valence-corrected chi connectivity index (χ2v) is 6.04. The summed E-state index contributed by atoms with van der Waals surface area (Å²) < 4.78 is 5.82. The third kappa shape index (κ3) is 4.74. The van der Waals surface area contributed by atoms with E-state index in [1.54, 1.807) is 0 Å². The molecule has 0 amide bonds. The van der Waals surface area contributed by atoms with Crippen molar-refractivity contribution in [1.82, 2.24) is 5.32 Å². The predicted molar refractivity (Wildman–Crippen MR) is 82.4 cm³/mol. The summed E-state index contributed by atoms with van der Waals surface area (Å²) in [6, 6.07) is 8.49. The number of para-hydroxylation sites is 1. The third-order valence-corrected chi connectivity index (χ3v) is 3.99. The van der Waals surface area contributed by atoms with Gasteiger partial charge in [0.2, 0.25) is 0 Å². The van der Waals surface area contributed by atoms with Gasteiger partial charge in [0, 0.05) is 18.2 Å². The molecule has 0 atom stereocenters. The lowest BCUT2D eigenvalue weighted by atomic mass is 9.86. The Balaban J connectivity index is 1.85. The van der Waals surface area contributed by atoms with Crippen LogP contribution in [-0.2, 0) is 11.3 Å². The molecular weight excluding hydrogens is 266 g/mol.